The van der Waals surface area contributed by atoms with Gasteiger partial charge >= 0.3 is 0 Å². The highest BCUT2D eigenvalue weighted by Crippen LogP contribution is 2.26. The molecule has 132 valence electrons. The Morgan fingerprint density at radius 2 is 1.67 bits per heavy atom. The quantitative estimate of drug-likeness (QED) is 0.553. The van der Waals surface area contributed by atoms with Gasteiger partial charge in [-0.3, -0.25) is 4.79 Å². The normalized spacial score (nSPS) is 10.7. The lowest BCUT2D eigenvalue weighted by atomic mass is 10.0. The smallest absolute Gasteiger partial charge is 0.257 e. The Morgan fingerprint density at radius 1 is 0.889 bits per heavy atom. The molecular formula is C23H19N3O. The predicted octanol–water partition coefficient (Wildman–Crippen LogP) is 5.17. The fourth-order valence-corrected chi connectivity index (χ4v) is 3.02. The van der Waals surface area contributed by atoms with Gasteiger partial charge in [0.25, 0.3) is 5.91 Å². The summed E-state index contributed by atoms with van der Waals surface area (Å²) in [5.41, 5.74) is 5.35. The van der Waals surface area contributed by atoms with E-state index in [1.165, 1.54) is 5.56 Å². The van der Waals surface area contributed by atoms with Crippen molar-refractivity contribution in [1.29, 1.82) is 0 Å². The molecular weight excluding hydrogens is 334 g/mol. The second-order valence-electron chi connectivity index (χ2n) is 6.61. The Hall–Kier alpha value is -3.53. The molecule has 0 radical (unpaired) electrons. The number of fused-ring (bicyclic) bond motifs is 1. The van der Waals surface area contributed by atoms with Gasteiger partial charge < -0.3 is 5.32 Å². The van der Waals surface area contributed by atoms with Crippen LogP contribution in [0.2, 0.25) is 0 Å². The molecule has 0 spiro atoms. The van der Waals surface area contributed by atoms with Crippen LogP contribution in [0.15, 0.2) is 72.9 Å². The number of nitrogens with zero attached hydrogens (tertiary/aromatic N) is 2. The van der Waals surface area contributed by atoms with E-state index in [2.05, 4.69) is 10.3 Å². The van der Waals surface area contributed by atoms with E-state index in [-0.39, 0.29) is 5.91 Å². The van der Waals surface area contributed by atoms with Gasteiger partial charge in [0, 0.05) is 17.1 Å². The monoisotopic (exact) mass is 353 g/mol. The minimum absolute atomic E-state index is 0.194. The second kappa shape index (κ2) is 7.00. The summed E-state index contributed by atoms with van der Waals surface area (Å²) in [5.74, 6) is 0.345. The van der Waals surface area contributed by atoms with Crippen molar-refractivity contribution in [1.82, 2.24) is 9.97 Å². The fourth-order valence-electron chi connectivity index (χ4n) is 3.02. The molecule has 4 aromatic rings. The number of para-hydroxylation sites is 1. The van der Waals surface area contributed by atoms with Crippen molar-refractivity contribution in [3.05, 3.63) is 89.6 Å². The number of rotatable bonds is 3. The summed E-state index contributed by atoms with van der Waals surface area (Å²) in [5, 5.41) is 3.72. The summed E-state index contributed by atoms with van der Waals surface area (Å²) >= 11 is 0. The van der Waals surface area contributed by atoms with Crippen LogP contribution in [0.4, 0.5) is 5.82 Å². The average Bonchev–Trinajstić information content (AvgIpc) is 2.67. The number of nitrogens with one attached hydrogen (secondary N) is 1. The molecule has 0 aliphatic rings. The van der Waals surface area contributed by atoms with Gasteiger partial charge in [-0.25, -0.2) is 9.97 Å². The molecule has 1 N–H and O–H groups in total. The lowest BCUT2D eigenvalue weighted by Gasteiger charge is -2.11. The van der Waals surface area contributed by atoms with E-state index in [1.807, 2.05) is 80.6 Å². The van der Waals surface area contributed by atoms with Crippen LogP contribution in [0.3, 0.4) is 0 Å². The van der Waals surface area contributed by atoms with Gasteiger partial charge in [-0.05, 0) is 43.7 Å². The third-order valence-corrected chi connectivity index (χ3v) is 4.47. The summed E-state index contributed by atoms with van der Waals surface area (Å²) in [6, 6.07) is 21.4. The van der Waals surface area contributed by atoms with Crippen molar-refractivity contribution >= 4 is 22.6 Å². The first-order valence-corrected chi connectivity index (χ1v) is 8.81. The lowest BCUT2D eigenvalue weighted by Crippen LogP contribution is -2.14. The molecule has 4 nitrogen and oxygen atoms in total. The number of pyridine rings is 2. The third-order valence-electron chi connectivity index (χ3n) is 4.47. The average molecular weight is 353 g/mol. The van der Waals surface area contributed by atoms with Gasteiger partial charge in [0.05, 0.1) is 16.8 Å². The molecule has 2 aromatic heterocycles. The van der Waals surface area contributed by atoms with Crippen molar-refractivity contribution < 1.29 is 4.79 Å². The maximum absolute atomic E-state index is 13.0. The van der Waals surface area contributed by atoms with Crippen LogP contribution in [-0.4, -0.2) is 15.9 Å². The third kappa shape index (κ3) is 3.55. The zero-order chi connectivity index (χ0) is 18.8. The highest BCUT2D eigenvalue weighted by molar-refractivity contribution is 6.12. The Kier molecular flexibility index (Phi) is 4.38. The minimum Gasteiger partial charge on any atom is -0.307 e. The number of hydrogen-bond acceptors (Lipinski definition) is 3. The molecule has 2 aromatic carbocycles. The zero-order valence-electron chi connectivity index (χ0n) is 15.2. The Morgan fingerprint density at radius 3 is 2.44 bits per heavy atom. The molecule has 1 amide bonds. The van der Waals surface area contributed by atoms with Crippen LogP contribution in [0, 0.1) is 13.8 Å². The molecule has 2 heterocycles. The summed E-state index contributed by atoms with van der Waals surface area (Å²) in [7, 11) is 0. The zero-order valence-corrected chi connectivity index (χ0v) is 15.2. The molecule has 0 bridgehead atoms. The number of carbonyl (C=O) groups excluding carboxylic acids is 1. The molecule has 0 fully saturated rings. The Labute approximate surface area is 157 Å². The van der Waals surface area contributed by atoms with E-state index in [9.17, 15) is 4.79 Å². The van der Waals surface area contributed by atoms with Crippen LogP contribution in [0.1, 0.15) is 21.5 Å². The first-order chi connectivity index (χ1) is 13.1. The van der Waals surface area contributed by atoms with Crippen molar-refractivity contribution in [2.75, 3.05) is 5.32 Å². The van der Waals surface area contributed by atoms with Crippen molar-refractivity contribution in [2.24, 2.45) is 0 Å². The minimum atomic E-state index is -0.194. The fraction of sp³-hybridized carbons (Fsp3) is 0.0870. The molecule has 0 saturated carbocycles. The van der Waals surface area contributed by atoms with E-state index in [4.69, 9.17) is 4.98 Å². The number of aromatic nitrogens is 2. The standard InChI is InChI=1S/C23H19N3O/c1-15-7-9-17(10-8-15)21-14-19(18-5-3-4-6-20(18)25-21)23(27)26-22-13-16(2)11-12-24-22/h3-14H,1-2H3,(H,24,26,27). The maximum Gasteiger partial charge on any atom is 0.257 e. The Balaban J connectivity index is 1.80. The topological polar surface area (TPSA) is 54.9 Å². The number of benzene rings is 2. The van der Waals surface area contributed by atoms with E-state index in [0.717, 1.165) is 27.7 Å². The first kappa shape index (κ1) is 16.9. The molecule has 0 atom stereocenters. The molecule has 0 unspecified atom stereocenters. The van der Waals surface area contributed by atoms with Gasteiger partial charge in [-0.2, -0.15) is 0 Å². The van der Waals surface area contributed by atoms with Gasteiger partial charge in [0.1, 0.15) is 5.82 Å². The van der Waals surface area contributed by atoms with Gasteiger partial charge in [0.2, 0.25) is 0 Å². The SMILES string of the molecule is Cc1ccc(-c2cc(C(=O)Nc3cc(C)ccn3)c3ccccc3n2)cc1. The highest BCUT2D eigenvalue weighted by Gasteiger charge is 2.14. The summed E-state index contributed by atoms with van der Waals surface area (Å²) < 4.78 is 0. The molecule has 4 rings (SSSR count). The molecule has 4 heteroatoms. The molecule has 27 heavy (non-hydrogen) atoms. The lowest BCUT2D eigenvalue weighted by molar-refractivity contribution is 0.102. The second-order valence-corrected chi connectivity index (χ2v) is 6.61. The van der Waals surface area contributed by atoms with E-state index < -0.39 is 0 Å². The summed E-state index contributed by atoms with van der Waals surface area (Å²) in [4.78, 5) is 22.0. The summed E-state index contributed by atoms with van der Waals surface area (Å²) in [6.45, 7) is 4.01. The Bertz CT molecular complexity index is 1130. The largest absolute Gasteiger partial charge is 0.307 e. The van der Waals surface area contributed by atoms with Gasteiger partial charge in [-0.15, -0.1) is 0 Å². The number of anilines is 1. The molecule has 0 aliphatic carbocycles. The predicted molar refractivity (Wildman–Crippen MR) is 109 cm³/mol. The highest BCUT2D eigenvalue weighted by atomic mass is 16.1. The first-order valence-electron chi connectivity index (χ1n) is 8.81. The number of carbonyl (C=O) groups is 1. The molecule has 0 aliphatic heterocycles. The van der Waals surface area contributed by atoms with Crippen LogP contribution in [0.25, 0.3) is 22.2 Å². The van der Waals surface area contributed by atoms with E-state index in [0.29, 0.717) is 11.4 Å². The molecule has 0 saturated heterocycles. The van der Waals surface area contributed by atoms with Gasteiger partial charge in [-0.1, -0.05) is 48.0 Å². The van der Waals surface area contributed by atoms with Crippen LogP contribution >= 0.6 is 0 Å². The van der Waals surface area contributed by atoms with Crippen LogP contribution < -0.4 is 5.32 Å². The van der Waals surface area contributed by atoms with Crippen molar-refractivity contribution in [3.63, 3.8) is 0 Å². The van der Waals surface area contributed by atoms with Crippen LogP contribution in [0.5, 0.6) is 0 Å². The van der Waals surface area contributed by atoms with Crippen molar-refractivity contribution in [3.8, 4) is 11.3 Å². The maximum atomic E-state index is 13.0. The van der Waals surface area contributed by atoms with E-state index >= 15 is 0 Å². The number of hydrogen-bond donors (Lipinski definition) is 1. The summed E-state index contributed by atoms with van der Waals surface area (Å²) in [6.07, 6.45) is 1.69. The van der Waals surface area contributed by atoms with Gasteiger partial charge in [0.15, 0.2) is 0 Å². The number of amides is 1. The van der Waals surface area contributed by atoms with E-state index in [1.54, 1.807) is 6.20 Å². The van der Waals surface area contributed by atoms with Crippen LogP contribution in [-0.2, 0) is 0 Å². The number of aryl methyl sites for hydroxylation is 2. The van der Waals surface area contributed by atoms with Crippen molar-refractivity contribution in [2.45, 2.75) is 13.8 Å².